The largest absolute Gasteiger partial charge is 0.143 e. The minimum atomic E-state index is -0.552. The lowest BCUT2D eigenvalue weighted by Gasteiger charge is -2.11. The van der Waals surface area contributed by atoms with E-state index in [9.17, 15) is 0 Å². The van der Waals surface area contributed by atoms with Crippen LogP contribution in [-0.4, -0.2) is 0 Å². The van der Waals surface area contributed by atoms with E-state index in [1.54, 1.807) is 21.7 Å². The first-order valence-corrected chi connectivity index (χ1v) is 13.9. The van der Waals surface area contributed by atoms with Crippen molar-refractivity contribution in [3.63, 3.8) is 0 Å². The van der Waals surface area contributed by atoms with E-state index in [-0.39, 0.29) is 0 Å². The fourth-order valence-electron chi connectivity index (χ4n) is 5.69. The normalized spacial score (nSPS) is 14.2. The monoisotopic (exact) mass is 458 g/mol. The molecule has 0 bridgehead atoms. The maximum Gasteiger partial charge on any atom is 0.0388 e. The topological polar surface area (TPSA) is 0 Å². The zero-order valence-electron chi connectivity index (χ0n) is 18.3. The molecule has 5 aromatic rings. The summed E-state index contributed by atoms with van der Waals surface area (Å²) in [6.07, 6.45) is 6.27. The van der Waals surface area contributed by atoms with Crippen molar-refractivity contribution in [2.75, 3.05) is 0 Å². The average Bonchev–Trinajstić information content (AvgIpc) is 3.65. The Labute approximate surface area is 199 Å². The number of thiophene rings is 1. The van der Waals surface area contributed by atoms with Crippen molar-refractivity contribution >= 4 is 30.5 Å². The van der Waals surface area contributed by atoms with E-state index in [0.29, 0.717) is 0 Å². The molecule has 0 saturated heterocycles. The van der Waals surface area contributed by atoms with Crippen LogP contribution >= 0.6 is 18.9 Å². The Kier molecular flexibility index (Phi) is 4.54. The number of fused-ring (bicyclic) bond motifs is 4. The number of hydrogen-bond acceptors (Lipinski definition) is 1. The molecule has 0 N–H and O–H groups in total. The third kappa shape index (κ3) is 2.97. The lowest BCUT2D eigenvalue weighted by Crippen LogP contribution is -1.84. The fraction of sp³-hybridized carbons (Fsp3) is 0.0968. The van der Waals surface area contributed by atoms with Crippen molar-refractivity contribution in [3.05, 3.63) is 124 Å². The third-order valence-electron chi connectivity index (χ3n) is 7.05. The highest BCUT2D eigenvalue weighted by molar-refractivity contribution is 7.62. The van der Waals surface area contributed by atoms with Crippen LogP contribution < -0.4 is 0 Å². The highest BCUT2D eigenvalue weighted by Crippen LogP contribution is 2.61. The van der Waals surface area contributed by atoms with Crippen LogP contribution in [-0.2, 0) is 12.8 Å². The molecule has 2 aliphatic rings. The Balaban J connectivity index is 1.56. The van der Waals surface area contributed by atoms with E-state index < -0.39 is 7.53 Å². The highest BCUT2D eigenvalue weighted by atomic mass is 32.1. The molecule has 0 amide bonds. The van der Waals surface area contributed by atoms with Crippen LogP contribution in [0.5, 0.6) is 0 Å². The fourth-order valence-corrected chi connectivity index (χ4v) is 9.65. The Hall–Kier alpha value is -3.12. The Morgan fingerprint density at radius 1 is 0.636 bits per heavy atom. The van der Waals surface area contributed by atoms with Crippen LogP contribution in [0.4, 0.5) is 0 Å². The van der Waals surface area contributed by atoms with Gasteiger partial charge in [-0.2, -0.15) is 0 Å². The minimum Gasteiger partial charge on any atom is -0.143 e. The number of rotatable bonds is 3. The van der Waals surface area contributed by atoms with Crippen molar-refractivity contribution < 1.29 is 0 Å². The molecule has 1 unspecified atom stereocenters. The van der Waals surface area contributed by atoms with Crippen LogP contribution in [0.3, 0.4) is 0 Å². The first-order valence-electron chi connectivity index (χ1n) is 11.7. The van der Waals surface area contributed by atoms with Gasteiger partial charge in [0.15, 0.2) is 0 Å². The molecule has 33 heavy (non-hydrogen) atoms. The highest BCUT2D eigenvalue weighted by Gasteiger charge is 2.29. The maximum atomic E-state index is 2.57. The predicted octanol–water partition coefficient (Wildman–Crippen LogP) is 9.45. The summed E-state index contributed by atoms with van der Waals surface area (Å²) in [5.74, 6) is 0. The van der Waals surface area contributed by atoms with Gasteiger partial charge in [-0.15, -0.1) is 11.3 Å². The Morgan fingerprint density at radius 2 is 1.27 bits per heavy atom. The standard InChI is InChI=1S/C31H23PS/c1-2-10-21(11-3-1)32-29(26-16-8-17-27(26)31(32)30-18-9-19-33-30)20-28-24-14-6-4-12-22(24)23-13-5-7-15-25(23)28/h1-7,9-15,18-20H,8,16-17H2. The van der Waals surface area contributed by atoms with E-state index in [0.717, 1.165) is 0 Å². The molecule has 0 spiro atoms. The minimum absolute atomic E-state index is 0.552. The summed E-state index contributed by atoms with van der Waals surface area (Å²) in [5, 5.41) is 6.89. The van der Waals surface area contributed by atoms with E-state index in [1.807, 2.05) is 11.3 Å². The van der Waals surface area contributed by atoms with Crippen LogP contribution in [0.2, 0.25) is 0 Å². The Bertz CT molecular complexity index is 1470. The van der Waals surface area contributed by atoms with Crippen molar-refractivity contribution in [1.29, 1.82) is 0 Å². The molecule has 7 rings (SSSR count). The zero-order valence-corrected chi connectivity index (χ0v) is 20.0. The second-order valence-electron chi connectivity index (χ2n) is 8.84. The van der Waals surface area contributed by atoms with Gasteiger partial charge in [0.1, 0.15) is 0 Å². The molecule has 0 nitrogen and oxygen atoms in total. The summed E-state index contributed by atoms with van der Waals surface area (Å²) in [5.41, 5.74) is 10.1. The lowest BCUT2D eigenvalue weighted by atomic mass is 10.0. The average molecular weight is 459 g/mol. The van der Waals surface area contributed by atoms with Gasteiger partial charge < -0.3 is 0 Å². The predicted molar refractivity (Wildman–Crippen MR) is 145 cm³/mol. The van der Waals surface area contributed by atoms with Crippen molar-refractivity contribution in [1.82, 2.24) is 0 Å². The van der Waals surface area contributed by atoms with Gasteiger partial charge in [0.05, 0.1) is 0 Å². The first kappa shape index (κ1) is 19.4. The molecule has 0 radical (unpaired) electrons. The second-order valence-corrected chi connectivity index (χ2v) is 11.9. The quantitative estimate of drug-likeness (QED) is 0.248. The molecule has 2 aliphatic carbocycles. The van der Waals surface area contributed by atoms with Gasteiger partial charge in [0.2, 0.25) is 0 Å². The summed E-state index contributed by atoms with van der Waals surface area (Å²) < 4.78 is 0. The molecule has 1 atom stereocenters. The van der Waals surface area contributed by atoms with Crippen LogP contribution in [0, 0.1) is 0 Å². The molecule has 2 heteroatoms. The summed E-state index contributed by atoms with van der Waals surface area (Å²) in [4.78, 5) is 1.46. The first-order chi connectivity index (χ1) is 16.4. The SMILES string of the molecule is C(=C1c2ccccc2-c2ccccc21)c1c2c(c(-c3cccs3)p1-c1ccccc1)CCC2. The molecule has 0 fully saturated rings. The lowest BCUT2D eigenvalue weighted by molar-refractivity contribution is 0.911. The summed E-state index contributed by atoms with van der Waals surface area (Å²) >= 11 is 1.90. The van der Waals surface area contributed by atoms with Gasteiger partial charge in [-0.1, -0.05) is 92.5 Å². The molecule has 0 aliphatic heterocycles. The van der Waals surface area contributed by atoms with E-state index >= 15 is 0 Å². The maximum absolute atomic E-state index is 2.57. The summed E-state index contributed by atoms with van der Waals surface area (Å²) in [7, 11) is -0.552. The zero-order chi connectivity index (χ0) is 21.8. The smallest absolute Gasteiger partial charge is 0.0388 e. The molecule has 3 aromatic carbocycles. The van der Waals surface area contributed by atoms with Crippen LogP contribution in [0.25, 0.3) is 38.3 Å². The molecule has 2 heterocycles. The molecular formula is C31H23PS. The molecular weight excluding hydrogens is 435 g/mol. The van der Waals surface area contributed by atoms with Gasteiger partial charge in [-0.25, -0.2) is 0 Å². The van der Waals surface area contributed by atoms with Crippen molar-refractivity contribution in [2.45, 2.75) is 19.3 Å². The van der Waals surface area contributed by atoms with Crippen molar-refractivity contribution in [3.8, 4) is 26.6 Å². The van der Waals surface area contributed by atoms with Gasteiger partial charge >= 0.3 is 0 Å². The van der Waals surface area contributed by atoms with Crippen LogP contribution in [0.15, 0.2) is 96.4 Å². The van der Waals surface area contributed by atoms with Gasteiger partial charge in [-0.3, -0.25) is 0 Å². The molecule has 0 saturated carbocycles. The van der Waals surface area contributed by atoms with E-state index in [1.165, 1.54) is 57.3 Å². The van der Waals surface area contributed by atoms with E-state index in [4.69, 9.17) is 0 Å². The third-order valence-corrected chi connectivity index (χ3v) is 10.7. The summed E-state index contributed by atoms with van der Waals surface area (Å²) in [6.45, 7) is 0. The Morgan fingerprint density at radius 3 is 1.94 bits per heavy atom. The summed E-state index contributed by atoms with van der Waals surface area (Å²) in [6, 6.07) is 33.6. The molecule has 2 aromatic heterocycles. The van der Waals surface area contributed by atoms with E-state index in [2.05, 4.69) is 102 Å². The van der Waals surface area contributed by atoms with Gasteiger partial charge in [0, 0.05) is 15.5 Å². The van der Waals surface area contributed by atoms with Crippen molar-refractivity contribution in [2.24, 2.45) is 0 Å². The second kappa shape index (κ2) is 7.73. The van der Waals surface area contributed by atoms with Gasteiger partial charge in [-0.05, 0) is 81.0 Å². The van der Waals surface area contributed by atoms with Crippen LogP contribution in [0.1, 0.15) is 34.0 Å². The number of benzene rings is 3. The number of hydrogen-bond donors (Lipinski definition) is 0. The van der Waals surface area contributed by atoms with Gasteiger partial charge in [0.25, 0.3) is 0 Å². The molecule has 158 valence electrons.